The van der Waals surface area contributed by atoms with Crippen LogP contribution >= 0.6 is 0 Å². The molecular formula is C34H34N4O7. The van der Waals surface area contributed by atoms with E-state index in [1.165, 1.54) is 4.68 Å². The van der Waals surface area contributed by atoms with Gasteiger partial charge in [0.05, 0.1) is 31.8 Å². The number of aromatic nitrogens is 4. The monoisotopic (exact) mass is 610 g/mol. The van der Waals surface area contributed by atoms with E-state index in [-0.39, 0.29) is 29.7 Å². The lowest BCUT2D eigenvalue weighted by atomic mass is 9.90. The number of aliphatic hydroxyl groups excluding tert-OH is 2. The molecule has 0 saturated carbocycles. The number of nitrogens with zero attached hydrogens (tertiary/aromatic N) is 4. The summed E-state index contributed by atoms with van der Waals surface area (Å²) >= 11 is 0. The lowest BCUT2D eigenvalue weighted by molar-refractivity contribution is 0.260. The highest BCUT2D eigenvalue weighted by Crippen LogP contribution is 2.41. The van der Waals surface area contributed by atoms with E-state index in [0.717, 1.165) is 16.3 Å². The zero-order valence-electron chi connectivity index (χ0n) is 24.8. The van der Waals surface area contributed by atoms with Crippen LogP contribution in [-0.2, 0) is 13.2 Å². The molecule has 11 heteroatoms. The molecule has 0 unspecified atom stereocenters. The molecule has 0 amide bonds. The predicted octanol–water partition coefficient (Wildman–Crippen LogP) is 3.80. The largest absolute Gasteiger partial charge is 0.490 e. The Morgan fingerprint density at radius 3 is 2.18 bits per heavy atom. The van der Waals surface area contributed by atoms with Crippen molar-refractivity contribution in [3.8, 4) is 39.7 Å². The minimum Gasteiger partial charge on any atom is -0.490 e. The summed E-state index contributed by atoms with van der Waals surface area (Å²) in [6, 6.07) is 20.2. The van der Waals surface area contributed by atoms with Gasteiger partial charge in [0, 0.05) is 29.5 Å². The second-order valence-electron chi connectivity index (χ2n) is 9.85. The van der Waals surface area contributed by atoms with Crippen molar-refractivity contribution >= 4 is 21.5 Å². The molecule has 3 heterocycles. The lowest BCUT2D eigenvalue weighted by Gasteiger charge is -2.19. The molecule has 11 nitrogen and oxygen atoms in total. The minimum absolute atomic E-state index is 0. The summed E-state index contributed by atoms with van der Waals surface area (Å²) in [7, 11) is 0. The summed E-state index contributed by atoms with van der Waals surface area (Å²) in [5.74, 6) is 1.47. The van der Waals surface area contributed by atoms with E-state index in [9.17, 15) is 15.0 Å². The fraction of sp³-hybridized carbons (Fsp3) is 0.176. The number of rotatable bonds is 9. The van der Waals surface area contributed by atoms with Crippen molar-refractivity contribution in [3.63, 3.8) is 0 Å². The molecule has 0 aliphatic carbocycles. The zero-order chi connectivity index (χ0) is 29.9. The summed E-state index contributed by atoms with van der Waals surface area (Å²) in [6.45, 7) is 4.13. The third-order valence-corrected chi connectivity index (χ3v) is 7.32. The first kappa shape index (κ1) is 32.7. The Labute approximate surface area is 258 Å². The maximum atomic E-state index is 13.8. The van der Waals surface area contributed by atoms with Crippen LogP contribution in [0, 0.1) is 0 Å². The van der Waals surface area contributed by atoms with Crippen LogP contribution in [0.5, 0.6) is 11.5 Å². The second-order valence-corrected chi connectivity index (χ2v) is 9.85. The number of pyridine rings is 2. The van der Waals surface area contributed by atoms with Crippen molar-refractivity contribution in [2.75, 3.05) is 13.2 Å². The Morgan fingerprint density at radius 2 is 1.51 bits per heavy atom. The van der Waals surface area contributed by atoms with Crippen LogP contribution in [0.15, 0.2) is 90.1 Å². The molecule has 0 fully saturated rings. The first-order chi connectivity index (χ1) is 21.1. The van der Waals surface area contributed by atoms with Crippen LogP contribution in [0.25, 0.3) is 49.7 Å². The van der Waals surface area contributed by atoms with Crippen LogP contribution < -0.4 is 15.0 Å². The van der Waals surface area contributed by atoms with Crippen molar-refractivity contribution in [2.24, 2.45) is 0 Å². The Bertz CT molecular complexity index is 2010. The zero-order valence-corrected chi connectivity index (χ0v) is 24.8. The highest BCUT2D eigenvalue weighted by molar-refractivity contribution is 6.01. The normalized spacial score (nSPS) is 10.8. The first-order valence-corrected chi connectivity index (χ1v) is 14.1. The molecule has 45 heavy (non-hydrogen) atoms. The maximum absolute atomic E-state index is 13.8. The average molecular weight is 611 g/mol. The summed E-state index contributed by atoms with van der Waals surface area (Å²) in [6.07, 6.45) is 5.00. The number of ether oxygens (including phenoxy) is 2. The van der Waals surface area contributed by atoms with Crippen molar-refractivity contribution in [1.82, 2.24) is 19.7 Å². The SMILES string of the molecule is CCOc1cc2cc(CO)c(CO)c(-c3ccnc(-n4nc(-c5cccnc5)c5ccccc5c4=O)c3)c2cc1OCC.O.O. The van der Waals surface area contributed by atoms with Gasteiger partial charge in [0.1, 0.15) is 5.69 Å². The van der Waals surface area contributed by atoms with E-state index in [1.54, 1.807) is 30.7 Å². The van der Waals surface area contributed by atoms with Gasteiger partial charge in [0.25, 0.3) is 5.56 Å². The van der Waals surface area contributed by atoms with Gasteiger partial charge in [-0.05, 0) is 95.4 Å². The molecule has 3 aromatic heterocycles. The number of hydrogen-bond donors (Lipinski definition) is 2. The number of aliphatic hydroxyl groups is 2. The van der Waals surface area contributed by atoms with Gasteiger partial charge in [0.2, 0.25) is 0 Å². The van der Waals surface area contributed by atoms with E-state index < -0.39 is 0 Å². The van der Waals surface area contributed by atoms with Gasteiger partial charge in [-0.15, -0.1) is 0 Å². The second kappa shape index (κ2) is 14.1. The van der Waals surface area contributed by atoms with Gasteiger partial charge in [-0.2, -0.15) is 9.78 Å². The molecule has 0 spiro atoms. The fourth-order valence-corrected chi connectivity index (χ4v) is 5.45. The summed E-state index contributed by atoms with van der Waals surface area (Å²) in [5, 5.41) is 28.3. The van der Waals surface area contributed by atoms with Crippen LogP contribution in [0.1, 0.15) is 25.0 Å². The molecule has 0 atom stereocenters. The summed E-state index contributed by atoms with van der Waals surface area (Å²) < 4.78 is 13.1. The first-order valence-electron chi connectivity index (χ1n) is 14.1. The Balaban J connectivity index is 0.00000230. The van der Waals surface area contributed by atoms with Gasteiger partial charge in [-0.1, -0.05) is 18.2 Å². The highest BCUT2D eigenvalue weighted by Gasteiger charge is 2.20. The Kier molecular flexibility index (Phi) is 10.2. The molecule has 232 valence electrons. The topological polar surface area (TPSA) is 183 Å². The Hall–Kier alpha value is -5.20. The molecule has 0 bridgehead atoms. The molecule has 6 aromatic rings. The van der Waals surface area contributed by atoms with E-state index in [4.69, 9.17) is 14.6 Å². The third-order valence-electron chi connectivity index (χ3n) is 7.32. The van der Waals surface area contributed by atoms with Gasteiger partial charge in [-0.3, -0.25) is 9.78 Å². The van der Waals surface area contributed by atoms with Crippen LogP contribution in [-0.4, -0.2) is 54.1 Å². The van der Waals surface area contributed by atoms with Gasteiger partial charge < -0.3 is 30.6 Å². The molecule has 6 N–H and O–H groups in total. The molecule has 0 saturated heterocycles. The standard InChI is InChI=1S/C34H30N4O5.2H2O/c1-3-42-29-15-23-14-24(19-39)28(20-40)32(27(23)17-30(29)43-4-2)21-11-13-36-31(16-21)38-34(41)26-10-6-5-9-25(26)33(37-38)22-8-7-12-35-18-22;;/h5-18,39-40H,3-4,19-20H2,1-2H3;2*1H2. The highest BCUT2D eigenvalue weighted by atomic mass is 16.5. The molecule has 6 rings (SSSR count). The quantitative estimate of drug-likeness (QED) is 0.248. The summed E-state index contributed by atoms with van der Waals surface area (Å²) in [5.41, 5.74) is 3.57. The minimum atomic E-state index is -0.316. The van der Waals surface area contributed by atoms with Gasteiger partial charge in [0.15, 0.2) is 17.3 Å². The van der Waals surface area contributed by atoms with Gasteiger partial charge in [-0.25, -0.2) is 4.98 Å². The molecular weight excluding hydrogens is 576 g/mol. The van der Waals surface area contributed by atoms with Crippen LogP contribution in [0.3, 0.4) is 0 Å². The molecule has 3 aromatic carbocycles. The molecule has 0 radical (unpaired) electrons. The average Bonchev–Trinajstić information content (AvgIpc) is 3.05. The van der Waals surface area contributed by atoms with E-state index in [2.05, 4.69) is 9.97 Å². The lowest BCUT2D eigenvalue weighted by Crippen LogP contribution is -2.23. The van der Waals surface area contributed by atoms with Crippen molar-refractivity contribution in [3.05, 3.63) is 107 Å². The Morgan fingerprint density at radius 1 is 0.778 bits per heavy atom. The van der Waals surface area contributed by atoms with Crippen LogP contribution in [0.2, 0.25) is 0 Å². The predicted molar refractivity (Wildman–Crippen MR) is 173 cm³/mol. The molecule has 0 aliphatic rings. The number of benzene rings is 3. The van der Waals surface area contributed by atoms with Crippen LogP contribution in [0.4, 0.5) is 0 Å². The fourth-order valence-electron chi connectivity index (χ4n) is 5.45. The van der Waals surface area contributed by atoms with Gasteiger partial charge >= 0.3 is 0 Å². The smallest absolute Gasteiger partial charge is 0.280 e. The number of hydrogen-bond acceptors (Lipinski definition) is 8. The van der Waals surface area contributed by atoms with E-state index in [1.807, 2.05) is 68.4 Å². The third kappa shape index (κ3) is 5.97. The van der Waals surface area contributed by atoms with Crippen molar-refractivity contribution < 1.29 is 30.6 Å². The van der Waals surface area contributed by atoms with E-state index >= 15 is 0 Å². The van der Waals surface area contributed by atoms with Crippen molar-refractivity contribution in [2.45, 2.75) is 27.1 Å². The summed E-state index contributed by atoms with van der Waals surface area (Å²) in [4.78, 5) is 22.5. The number of fused-ring (bicyclic) bond motifs is 2. The molecule has 0 aliphatic heterocycles. The van der Waals surface area contributed by atoms with E-state index in [0.29, 0.717) is 69.3 Å². The van der Waals surface area contributed by atoms with Crippen molar-refractivity contribution in [1.29, 1.82) is 0 Å². The maximum Gasteiger partial charge on any atom is 0.280 e.